The molecule has 1 N–H and O–H groups in total. The Labute approximate surface area is 178 Å². The predicted octanol–water partition coefficient (Wildman–Crippen LogP) is 3.65. The van der Waals surface area contributed by atoms with Crippen molar-refractivity contribution in [2.75, 3.05) is 20.2 Å². The molecule has 1 unspecified atom stereocenters. The van der Waals surface area contributed by atoms with Crippen LogP contribution in [0.15, 0.2) is 35.2 Å². The van der Waals surface area contributed by atoms with Crippen LogP contribution in [0.1, 0.15) is 42.1 Å². The van der Waals surface area contributed by atoms with E-state index in [2.05, 4.69) is 11.4 Å². The second-order valence-electron chi connectivity index (χ2n) is 7.31. The molecule has 0 spiro atoms. The van der Waals surface area contributed by atoms with E-state index in [1.807, 2.05) is 33.8 Å². The molecular formula is C22H29FN2O4S. The van der Waals surface area contributed by atoms with Gasteiger partial charge in [0.1, 0.15) is 16.5 Å². The minimum absolute atomic E-state index is 0.0226. The molecular weight excluding hydrogens is 407 g/mol. The molecule has 0 saturated heterocycles. The largest absolute Gasteiger partial charge is 0.495 e. The van der Waals surface area contributed by atoms with Crippen LogP contribution in [0.4, 0.5) is 4.39 Å². The first-order valence-corrected chi connectivity index (χ1v) is 11.2. The van der Waals surface area contributed by atoms with E-state index in [4.69, 9.17) is 4.74 Å². The normalized spacial score (nSPS) is 12.7. The van der Waals surface area contributed by atoms with Crippen LogP contribution in [-0.2, 0) is 14.8 Å². The maximum Gasteiger partial charge on any atom is 0.247 e. The lowest BCUT2D eigenvalue weighted by Gasteiger charge is -2.23. The van der Waals surface area contributed by atoms with Gasteiger partial charge in [-0.15, -0.1) is 0 Å². The van der Waals surface area contributed by atoms with Crippen molar-refractivity contribution in [1.82, 2.24) is 9.62 Å². The summed E-state index contributed by atoms with van der Waals surface area (Å²) in [5, 5.41) is 2.86. The summed E-state index contributed by atoms with van der Waals surface area (Å²) in [5.41, 5.74) is 4.31. The minimum atomic E-state index is -4.12. The van der Waals surface area contributed by atoms with Gasteiger partial charge in [0.05, 0.1) is 19.7 Å². The number of likely N-dealkylation sites (N-methyl/N-ethyl adjacent to an activating group) is 1. The molecule has 164 valence electrons. The van der Waals surface area contributed by atoms with Crippen molar-refractivity contribution in [2.45, 2.75) is 45.6 Å². The van der Waals surface area contributed by atoms with Gasteiger partial charge in [0.15, 0.2) is 0 Å². The van der Waals surface area contributed by atoms with Gasteiger partial charge in [0.2, 0.25) is 15.9 Å². The van der Waals surface area contributed by atoms with Gasteiger partial charge < -0.3 is 10.1 Å². The molecule has 0 aliphatic carbocycles. The Kier molecular flexibility index (Phi) is 7.60. The Morgan fingerprint density at radius 1 is 1.13 bits per heavy atom. The number of nitrogens with one attached hydrogen (secondary N) is 1. The fourth-order valence-electron chi connectivity index (χ4n) is 3.33. The fraction of sp³-hybridized carbons (Fsp3) is 0.409. The Hall–Kier alpha value is -2.45. The van der Waals surface area contributed by atoms with Crippen molar-refractivity contribution in [3.8, 4) is 5.75 Å². The third-order valence-electron chi connectivity index (χ3n) is 5.14. The van der Waals surface area contributed by atoms with Gasteiger partial charge in [-0.25, -0.2) is 12.8 Å². The first-order chi connectivity index (χ1) is 14.0. The van der Waals surface area contributed by atoms with E-state index in [9.17, 15) is 17.6 Å². The summed E-state index contributed by atoms with van der Waals surface area (Å²) in [7, 11) is -2.82. The number of aryl methyl sites for hydroxylation is 3. The molecule has 6 nitrogen and oxygen atoms in total. The maximum absolute atomic E-state index is 13.7. The van der Waals surface area contributed by atoms with Crippen LogP contribution >= 0.6 is 0 Å². The average molecular weight is 437 g/mol. The topological polar surface area (TPSA) is 75.7 Å². The van der Waals surface area contributed by atoms with Crippen molar-refractivity contribution < 1.29 is 22.3 Å². The lowest BCUT2D eigenvalue weighted by Crippen LogP contribution is -2.41. The summed E-state index contributed by atoms with van der Waals surface area (Å²) in [4.78, 5) is 12.3. The molecule has 0 radical (unpaired) electrons. The number of rotatable bonds is 8. The summed E-state index contributed by atoms with van der Waals surface area (Å²) < 4.78 is 45.8. The van der Waals surface area contributed by atoms with Crippen molar-refractivity contribution in [3.05, 3.63) is 58.4 Å². The van der Waals surface area contributed by atoms with E-state index in [0.717, 1.165) is 33.1 Å². The highest BCUT2D eigenvalue weighted by Crippen LogP contribution is 2.27. The maximum atomic E-state index is 13.7. The first-order valence-electron chi connectivity index (χ1n) is 9.72. The van der Waals surface area contributed by atoms with Crippen molar-refractivity contribution in [2.24, 2.45) is 0 Å². The third kappa shape index (κ3) is 5.17. The van der Waals surface area contributed by atoms with E-state index in [1.54, 1.807) is 6.92 Å². The molecule has 0 aliphatic heterocycles. The first kappa shape index (κ1) is 23.8. The van der Waals surface area contributed by atoms with E-state index in [-0.39, 0.29) is 29.8 Å². The van der Waals surface area contributed by atoms with Gasteiger partial charge in [-0.2, -0.15) is 4.31 Å². The smallest absolute Gasteiger partial charge is 0.247 e. The van der Waals surface area contributed by atoms with E-state index in [1.165, 1.54) is 18.7 Å². The Bertz CT molecular complexity index is 1040. The highest BCUT2D eigenvalue weighted by atomic mass is 32.2. The molecule has 30 heavy (non-hydrogen) atoms. The molecule has 1 amide bonds. The van der Waals surface area contributed by atoms with Crippen molar-refractivity contribution in [1.29, 1.82) is 0 Å². The van der Waals surface area contributed by atoms with Gasteiger partial charge in [-0.05, 0) is 68.1 Å². The molecule has 0 heterocycles. The Morgan fingerprint density at radius 2 is 1.77 bits per heavy atom. The van der Waals surface area contributed by atoms with Gasteiger partial charge in [-0.1, -0.05) is 19.1 Å². The summed E-state index contributed by atoms with van der Waals surface area (Å²) >= 11 is 0. The number of ether oxygens (including phenoxy) is 1. The summed E-state index contributed by atoms with van der Waals surface area (Å²) in [6.07, 6.45) is 0. The van der Waals surface area contributed by atoms with Gasteiger partial charge in [0.25, 0.3) is 0 Å². The average Bonchev–Trinajstić information content (AvgIpc) is 2.68. The highest BCUT2D eigenvalue weighted by Gasteiger charge is 2.29. The number of hydrogen-bond donors (Lipinski definition) is 1. The molecule has 1 atom stereocenters. The molecule has 0 aliphatic rings. The number of nitrogens with zero attached hydrogens (tertiary/aromatic N) is 1. The number of benzene rings is 2. The molecule has 0 fully saturated rings. The number of amides is 1. The summed E-state index contributed by atoms with van der Waals surface area (Å²) in [5.74, 6) is -1.12. The van der Waals surface area contributed by atoms with Crippen molar-refractivity contribution in [3.63, 3.8) is 0 Å². The van der Waals surface area contributed by atoms with E-state index < -0.39 is 21.7 Å². The molecule has 2 rings (SSSR count). The van der Waals surface area contributed by atoms with Gasteiger partial charge >= 0.3 is 0 Å². The van der Waals surface area contributed by atoms with E-state index in [0.29, 0.717) is 0 Å². The van der Waals surface area contributed by atoms with Crippen LogP contribution in [0.25, 0.3) is 0 Å². The number of carbonyl (C=O) groups excluding carboxylic acids is 1. The van der Waals surface area contributed by atoms with Crippen LogP contribution in [0.5, 0.6) is 5.75 Å². The Balaban J connectivity index is 2.22. The van der Waals surface area contributed by atoms with Crippen molar-refractivity contribution >= 4 is 15.9 Å². The molecule has 0 saturated carbocycles. The third-order valence-corrected chi connectivity index (χ3v) is 7.08. The predicted molar refractivity (Wildman–Crippen MR) is 115 cm³/mol. The number of carbonyl (C=O) groups is 1. The number of halogens is 1. The zero-order valence-corrected chi connectivity index (χ0v) is 19.1. The molecule has 2 aromatic carbocycles. The lowest BCUT2D eigenvalue weighted by atomic mass is 9.96. The summed E-state index contributed by atoms with van der Waals surface area (Å²) in [6.45, 7) is 9.15. The number of hydrogen-bond acceptors (Lipinski definition) is 4. The van der Waals surface area contributed by atoms with Crippen LogP contribution < -0.4 is 10.1 Å². The SMILES string of the molecule is CCN(CC(=O)NC(C)c1cc(C)c(C)cc1C)S(=O)(=O)c1cc(F)ccc1OC. The van der Waals surface area contributed by atoms with E-state index >= 15 is 0 Å². The molecule has 2 aromatic rings. The second kappa shape index (κ2) is 9.57. The van der Waals surface area contributed by atoms with Gasteiger partial charge in [-0.3, -0.25) is 4.79 Å². The van der Waals surface area contributed by atoms with Crippen LogP contribution in [0.3, 0.4) is 0 Å². The zero-order valence-electron chi connectivity index (χ0n) is 18.2. The quantitative estimate of drug-likeness (QED) is 0.685. The van der Waals surface area contributed by atoms with Crippen LogP contribution in [0, 0.1) is 26.6 Å². The lowest BCUT2D eigenvalue weighted by molar-refractivity contribution is -0.121. The highest BCUT2D eigenvalue weighted by molar-refractivity contribution is 7.89. The molecule has 0 aromatic heterocycles. The molecule has 0 bridgehead atoms. The van der Waals surface area contributed by atoms with Gasteiger partial charge in [0, 0.05) is 6.54 Å². The molecule has 8 heteroatoms. The summed E-state index contributed by atoms with van der Waals surface area (Å²) in [6, 6.07) is 7.07. The zero-order chi connectivity index (χ0) is 22.6. The monoisotopic (exact) mass is 436 g/mol. The minimum Gasteiger partial charge on any atom is -0.495 e. The van der Waals surface area contributed by atoms with Crippen LogP contribution in [-0.4, -0.2) is 38.8 Å². The standard InChI is InChI=1S/C22H29FN2O4S/c1-7-25(30(27,28)21-12-18(23)8-9-20(21)29-6)13-22(26)24-17(5)19-11-15(3)14(2)10-16(19)4/h8-12,17H,7,13H2,1-6H3,(H,24,26). The second-order valence-corrected chi connectivity index (χ2v) is 9.22. The van der Waals surface area contributed by atoms with Crippen LogP contribution in [0.2, 0.25) is 0 Å². The Morgan fingerprint density at radius 3 is 2.37 bits per heavy atom. The fourth-order valence-corrected chi connectivity index (χ4v) is 4.90. The number of methoxy groups -OCH3 is 1. The number of sulfonamides is 1.